The molecule has 0 aromatic heterocycles. The lowest BCUT2D eigenvalue weighted by Gasteiger charge is -2.16. The molecule has 1 aliphatic heterocycles. The molecular formula is C31H31ClN2O4S. The second-order valence-electron chi connectivity index (χ2n) is 8.61. The van der Waals surface area contributed by atoms with E-state index in [1.54, 1.807) is 12.0 Å². The number of amidine groups is 1. The van der Waals surface area contributed by atoms with Crippen molar-refractivity contribution >= 4 is 46.2 Å². The average molecular weight is 563 g/mol. The number of aliphatic imine (C=N–C) groups is 1. The lowest BCUT2D eigenvalue weighted by atomic mass is 10.0. The molecule has 8 heteroatoms. The molecule has 1 fully saturated rings. The largest absolute Gasteiger partial charge is 0.493 e. The molecule has 3 aromatic carbocycles. The van der Waals surface area contributed by atoms with Gasteiger partial charge < -0.3 is 14.2 Å². The highest BCUT2D eigenvalue weighted by atomic mass is 35.5. The normalized spacial score (nSPS) is 15.3. The summed E-state index contributed by atoms with van der Waals surface area (Å²) in [6.07, 6.45) is 4.26. The lowest BCUT2D eigenvalue weighted by molar-refractivity contribution is -0.122. The number of nitrogens with zero attached hydrogens (tertiary/aromatic N) is 2. The van der Waals surface area contributed by atoms with E-state index in [1.165, 1.54) is 11.8 Å². The Bertz CT molecular complexity index is 1360. The summed E-state index contributed by atoms with van der Waals surface area (Å²) in [6, 6.07) is 21.0. The van der Waals surface area contributed by atoms with Crippen molar-refractivity contribution in [3.05, 3.63) is 106 Å². The minimum Gasteiger partial charge on any atom is -0.493 e. The number of ether oxygens (including phenoxy) is 3. The molecule has 0 saturated carbocycles. The molecule has 0 bridgehead atoms. The van der Waals surface area contributed by atoms with E-state index < -0.39 is 0 Å². The van der Waals surface area contributed by atoms with Gasteiger partial charge in [-0.25, -0.2) is 4.99 Å². The Balaban J connectivity index is 1.64. The van der Waals surface area contributed by atoms with Crippen molar-refractivity contribution < 1.29 is 19.0 Å². The van der Waals surface area contributed by atoms with Crippen LogP contribution in [0.2, 0.25) is 5.02 Å². The molecule has 0 N–H and O–H groups in total. The van der Waals surface area contributed by atoms with Crippen LogP contribution in [0.25, 0.3) is 6.08 Å². The summed E-state index contributed by atoms with van der Waals surface area (Å²) in [5.41, 5.74) is 3.51. The molecule has 0 radical (unpaired) electrons. The van der Waals surface area contributed by atoms with Gasteiger partial charge in [-0.2, -0.15) is 0 Å². The Morgan fingerprint density at radius 2 is 1.87 bits per heavy atom. The highest BCUT2D eigenvalue weighted by Crippen LogP contribution is 2.38. The maximum absolute atomic E-state index is 13.4. The molecule has 202 valence electrons. The molecule has 6 nitrogen and oxygen atoms in total. The number of carbonyl (C=O) groups is 1. The smallest absolute Gasteiger partial charge is 0.266 e. The number of amides is 1. The van der Waals surface area contributed by atoms with Crippen LogP contribution in [0.3, 0.4) is 0 Å². The molecular weight excluding hydrogens is 532 g/mol. The number of halogens is 1. The zero-order valence-electron chi connectivity index (χ0n) is 22.1. The third-order valence-corrected chi connectivity index (χ3v) is 7.12. The van der Waals surface area contributed by atoms with Gasteiger partial charge in [-0.15, -0.1) is 6.58 Å². The Kier molecular flexibility index (Phi) is 10.3. The van der Waals surface area contributed by atoms with E-state index in [2.05, 4.69) is 6.58 Å². The molecule has 0 atom stereocenters. The molecule has 3 aromatic rings. The second-order valence-corrected chi connectivity index (χ2v) is 10.1. The van der Waals surface area contributed by atoms with E-state index in [0.717, 1.165) is 22.4 Å². The fraction of sp³-hybridized carbons (Fsp3) is 0.226. The molecule has 1 heterocycles. The van der Waals surface area contributed by atoms with Gasteiger partial charge in [0.2, 0.25) is 0 Å². The third-order valence-electron chi connectivity index (χ3n) is 5.86. The summed E-state index contributed by atoms with van der Waals surface area (Å²) in [5, 5.41) is 1.30. The number of para-hydroxylation sites is 1. The van der Waals surface area contributed by atoms with E-state index in [0.29, 0.717) is 59.4 Å². The van der Waals surface area contributed by atoms with Gasteiger partial charge in [0.15, 0.2) is 16.7 Å². The number of benzene rings is 3. The van der Waals surface area contributed by atoms with Crippen molar-refractivity contribution in [2.24, 2.45) is 4.99 Å². The van der Waals surface area contributed by atoms with Crippen LogP contribution < -0.4 is 9.47 Å². The first-order valence-electron chi connectivity index (χ1n) is 12.6. The number of carbonyl (C=O) groups excluding carboxylic acids is 1. The minimum atomic E-state index is -0.110. The van der Waals surface area contributed by atoms with Crippen LogP contribution in [0.5, 0.6) is 11.5 Å². The Morgan fingerprint density at radius 1 is 1.10 bits per heavy atom. The van der Waals surface area contributed by atoms with Crippen LogP contribution in [-0.4, -0.2) is 42.8 Å². The van der Waals surface area contributed by atoms with Gasteiger partial charge in [0.1, 0.15) is 6.61 Å². The van der Waals surface area contributed by atoms with E-state index >= 15 is 0 Å². The minimum absolute atomic E-state index is 0.110. The van der Waals surface area contributed by atoms with E-state index in [-0.39, 0.29) is 5.91 Å². The van der Waals surface area contributed by atoms with Crippen molar-refractivity contribution in [3.63, 3.8) is 0 Å². The molecule has 1 amide bonds. The zero-order valence-corrected chi connectivity index (χ0v) is 23.6. The van der Waals surface area contributed by atoms with Crippen LogP contribution in [-0.2, 0) is 22.6 Å². The molecule has 4 rings (SSSR count). The van der Waals surface area contributed by atoms with Crippen molar-refractivity contribution in [1.29, 1.82) is 0 Å². The van der Waals surface area contributed by atoms with Crippen molar-refractivity contribution in [2.75, 3.05) is 26.9 Å². The first-order valence-corrected chi connectivity index (χ1v) is 13.8. The van der Waals surface area contributed by atoms with E-state index in [4.69, 9.17) is 30.8 Å². The maximum Gasteiger partial charge on any atom is 0.266 e. The number of thioether (sulfide) groups is 1. The quantitative estimate of drug-likeness (QED) is 0.132. The first kappa shape index (κ1) is 28.5. The molecule has 0 aliphatic carbocycles. The average Bonchev–Trinajstić information content (AvgIpc) is 3.22. The van der Waals surface area contributed by atoms with E-state index in [9.17, 15) is 4.79 Å². The van der Waals surface area contributed by atoms with Gasteiger partial charge in [-0.05, 0) is 78.7 Å². The summed E-state index contributed by atoms with van der Waals surface area (Å²) in [5.74, 6) is 1.11. The van der Waals surface area contributed by atoms with Crippen LogP contribution in [0.15, 0.2) is 89.3 Å². The van der Waals surface area contributed by atoms with Crippen LogP contribution >= 0.6 is 23.4 Å². The number of allylic oxidation sites excluding steroid dienone is 1. The first-order chi connectivity index (χ1) is 19.0. The van der Waals surface area contributed by atoms with Crippen LogP contribution in [0.4, 0.5) is 5.69 Å². The molecule has 39 heavy (non-hydrogen) atoms. The van der Waals surface area contributed by atoms with Crippen molar-refractivity contribution in [3.8, 4) is 11.5 Å². The highest BCUT2D eigenvalue weighted by molar-refractivity contribution is 8.18. The predicted molar refractivity (Wildman–Crippen MR) is 160 cm³/mol. The van der Waals surface area contributed by atoms with Gasteiger partial charge in [0.25, 0.3) is 5.91 Å². The fourth-order valence-electron chi connectivity index (χ4n) is 3.98. The van der Waals surface area contributed by atoms with Gasteiger partial charge in [-0.1, -0.05) is 48.0 Å². The molecule has 0 spiro atoms. The van der Waals surface area contributed by atoms with Crippen molar-refractivity contribution in [2.45, 2.75) is 20.0 Å². The Hall–Kier alpha value is -3.52. The van der Waals surface area contributed by atoms with Gasteiger partial charge >= 0.3 is 0 Å². The zero-order chi connectivity index (χ0) is 27.6. The van der Waals surface area contributed by atoms with Gasteiger partial charge in [0.05, 0.1) is 30.9 Å². The number of rotatable bonds is 12. The Labute approximate surface area is 238 Å². The van der Waals surface area contributed by atoms with Crippen LogP contribution in [0.1, 0.15) is 23.6 Å². The molecule has 0 unspecified atom stereocenters. The maximum atomic E-state index is 13.4. The number of hydrogen-bond donors (Lipinski definition) is 0. The summed E-state index contributed by atoms with van der Waals surface area (Å²) in [6.45, 7) is 7.63. The SMILES string of the molecule is C=CCc1cc(/C=C2\SC(=Nc3ccccc3)N(CCOCC)C2=O)cc(OC)c1OCc1ccc(Cl)cc1. The topological polar surface area (TPSA) is 60.4 Å². The highest BCUT2D eigenvalue weighted by Gasteiger charge is 2.33. The number of methoxy groups -OCH3 is 1. The third kappa shape index (κ3) is 7.53. The van der Waals surface area contributed by atoms with Crippen LogP contribution in [0, 0.1) is 0 Å². The standard InChI is InChI=1S/C31H31ClN2O4S/c1-4-9-24-18-23(19-27(36-3)29(24)38-21-22-12-14-25(32)15-13-22)20-28-30(35)34(16-17-37-5-2)31(39-28)33-26-10-7-6-8-11-26/h4,6-8,10-15,18-20H,1,5,9,16-17,21H2,2-3H3/b28-20-,33-31?. The molecule has 1 saturated heterocycles. The van der Waals surface area contributed by atoms with Gasteiger partial charge in [0, 0.05) is 17.2 Å². The summed E-state index contributed by atoms with van der Waals surface area (Å²) in [4.78, 5) is 20.4. The monoisotopic (exact) mass is 562 g/mol. The fourth-order valence-corrected chi connectivity index (χ4v) is 5.13. The van der Waals surface area contributed by atoms with E-state index in [1.807, 2.05) is 85.8 Å². The summed E-state index contributed by atoms with van der Waals surface area (Å²) >= 11 is 7.36. The molecule has 1 aliphatic rings. The van der Waals surface area contributed by atoms with Gasteiger partial charge in [-0.3, -0.25) is 9.69 Å². The lowest BCUT2D eigenvalue weighted by Crippen LogP contribution is -2.32. The summed E-state index contributed by atoms with van der Waals surface area (Å²) < 4.78 is 17.4. The Morgan fingerprint density at radius 3 is 2.56 bits per heavy atom. The summed E-state index contributed by atoms with van der Waals surface area (Å²) in [7, 11) is 1.61. The predicted octanol–water partition coefficient (Wildman–Crippen LogP) is 7.30. The van der Waals surface area contributed by atoms with Crippen molar-refractivity contribution in [1.82, 2.24) is 4.90 Å². The number of hydrogen-bond acceptors (Lipinski definition) is 6. The second kappa shape index (κ2) is 14.0.